The number of fused-ring (bicyclic) bond motifs is 3. The van der Waals surface area contributed by atoms with Gasteiger partial charge in [0.1, 0.15) is 5.52 Å². The number of rotatable bonds is 3. The van der Waals surface area contributed by atoms with Gasteiger partial charge in [0.05, 0.1) is 12.6 Å². The molecule has 4 rings (SSSR count). The van der Waals surface area contributed by atoms with Crippen molar-refractivity contribution in [3.63, 3.8) is 0 Å². The van der Waals surface area contributed by atoms with Crippen molar-refractivity contribution in [2.45, 2.75) is 37.8 Å². The number of esters is 1. The highest BCUT2D eigenvalue weighted by Gasteiger charge is 2.43. The summed E-state index contributed by atoms with van der Waals surface area (Å²) in [7, 11) is 1.36. The summed E-state index contributed by atoms with van der Waals surface area (Å²) in [5, 5.41) is 8.18. The van der Waals surface area contributed by atoms with E-state index in [0.717, 1.165) is 36.7 Å². The minimum absolute atomic E-state index is 0.0794. The Morgan fingerprint density at radius 2 is 1.89 bits per heavy atom. The molecule has 0 spiro atoms. The summed E-state index contributed by atoms with van der Waals surface area (Å²) in [4.78, 5) is 26.2. The minimum Gasteiger partial charge on any atom is -0.466 e. The molecule has 0 saturated carbocycles. The number of nitrogens with zero attached hydrogens (tertiary/aromatic N) is 4. The normalized spacial score (nSPS) is 24.9. The molecule has 3 heterocycles. The summed E-state index contributed by atoms with van der Waals surface area (Å²) in [5.41, 5.74) is 1.48. The summed E-state index contributed by atoms with van der Waals surface area (Å²) >= 11 is 0. The highest BCUT2D eigenvalue weighted by atomic mass is 16.5. The molecule has 1 aromatic heterocycles. The largest absolute Gasteiger partial charge is 0.466 e. The van der Waals surface area contributed by atoms with Crippen LogP contribution in [0.4, 0.5) is 4.79 Å². The lowest BCUT2D eigenvalue weighted by Crippen LogP contribution is -2.48. The summed E-state index contributed by atoms with van der Waals surface area (Å²) in [5.74, 6) is 0.0431. The zero-order valence-corrected chi connectivity index (χ0v) is 15.2. The minimum atomic E-state index is -0.361. The van der Waals surface area contributed by atoms with Crippen molar-refractivity contribution in [3.8, 4) is 0 Å². The third kappa shape index (κ3) is 3.37. The molecule has 0 N–H and O–H groups in total. The van der Waals surface area contributed by atoms with Crippen LogP contribution in [0.1, 0.15) is 25.7 Å². The number of carbonyl (C=O) groups is 2. The van der Waals surface area contributed by atoms with Crippen molar-refractivity contribution in [2.75, 3.05) is 7.11 Å². The Morgan fingerprint density at radius 1 is 1.15 bits per heavy atom. The predicted octanol–water partition coefficient (Wildman–Crippen LogP) is 2.93. The second-order valence-electron chi connectivity index (χ2n) is 7.06. The van der Waals surface area contributed by atoms with E-state index in [1.807, 2.05) is 35.2 Å². The Kier molecular flexibility index (Phi) is 4.75. The lowest BCUT2D eigenvalue weighted by atomic mass is 9.90. The first-order valence-corrected chi connectivity index (χ1v) is 9.23. The van der Waals surface area contributed by atoms with E-state index >= 15 is 0 Å². The first-order valence-electron chi connectivity index (χ1n) is 9.23. The zero-order chi connectivity index (χ0) is 18.8. The molecule has 7 heteroatoms. The predicted molar refractivity (Wildman–Crippen MR) is 100.0 cm³/mol. The third-order valence-corrected chi connectivity index (χ3v) is 5.45. The van der Waals surface area contributed by atoms with Gasteiger partial charge in [-0.1, -0.05) is 35.6 Å². The molecule has 2 saturated heterocycles. The fourth-order valence-corrected chi connectivity index (χ4v) is 4.23. The number of methoxy groups -OCH3 is 1. The topological polar surface area (TPSA) is 77.3 Å². The Labute approximate surface area is 157 Å². The van der Waals surface area contributed by atoms with Gasteiger partial charge in [0.2, 0.25) is 0 Å². The van der Waals surface area contributed by atoms with Crippen molar-refractivity contribution in [1.29, 1.82) is 0 Å². The molecule has 2 atom stereocenters. The van der Waals surface area contributed by atoms with E-state index in [2.05, 4.69) is 21.1 Å². The molecule has 7 nitrogen and oxygen atoms in total. The van der Waals surface area contributed by atoms with Gasteiger partial charge in [0, 0.05) is 18.2 Å². The number of hydrogen-bond acceptors (Lipinski definition) is 5. The molecular formula is C20H22N4O3. The SMILES string of the molecule is COC(=O)/C=C/C=C/C1CC2CCC(C1)N2C(=O)n1nnc2ccccc21. The molecule has 2 aliphatic rings. The average Bonchev–Trinajstić information content (AvgIpc) is 3.23. The average molecular weight is 366 g/mol. The lowest BCUT2D eigenvalue weighted by molar-refractivity contribution is -0.134. The second-order valence-corrected chi connectivity index (χ2v) is 7.06. The standard InChI is InChI=1S/C20H22N4O3/c1-27-19(25)9-5-2-6-14-12-15-10-11-16(13-14)23(15)20(26)24-18-8-4-3-7-17(18)21-22-24/h2-9,14-16H,10-13H2,1H3/b6-2+,9-5+. The van der Waals surface area contributed by atoms with Crippen LogP contribution in [0.3, 0.4) is 0 Å². The Bertz CT molecular complexity index is 903. The van der Waals surface area contributed by atoms with Gasteiger partial charge < -0.3 is 9.64 Å². The molecule has 1 aromatic carbocycles. The maximum absolute atomic E-state index is 13.1. The smallest absolute Gasteiger partial charge is 0.347 e. The van der Waals surface area contributed by atoms with Crippen LogP contribution in [0.25, 0.3) is 11.0 Å². The highest BCUT2D eigenvalue weighted by molar-refractivity contribution is 5.88. The Balaban J connectivity index is 1.46. The van der Waals surface area contributed by atoms with Gasteiger partial charge in [-0.3, -0.25) is 0 Å². The molecule has 0 aliphatic carbocycles. The maximum atomic E-state index is 13.1. The van der Waals surface area contributed by atoms with Crippen molar-refractivity contribution in [1.82, 2.24) is 19.9 Å². The number of carbonyl (C=O) groups excluding carboxylic acids is 2. The van der Waals surface area contributed by atoms with E-state index in [1.165, 1.54) is 17.9 Å². The monoisotopic (exact) mass is 366 g/mol. The number of benzene rings is 1. The van der Waals surface area contributed by atoms with Crippen LogP contribution in [0.15, 0.2) is 48.6 Å². The Hall–Kier alpha value is -2.96. The van der Waals surface area contributed by atoms with Crippen molar-refractivity contribution in [3.05, 3.63) is 48.6 Å². The highest BCUT2D eigenvalue weighted by Crippen LogP contribution is 2.39. The molecule has 1 amide bonds. The summed E-state index contributed by atoms with van der Waals surface area (Å²) in [6, 6.07) is 7.88. The van der Waals surface area contributed by atoms with Crippen LogP contribution in [-0.4, -0.2) is 51.1 Å². The summed E-state index contributed by atoms with van der Waals surface area (Å²) in [6.45, 7) is 0. The van der Waals surface area contributed by atoms with Gasteiger partial charge in [0.15, 0.2) is 0 Å². The number of piperidine rings is 1. The number of amides is 1. The lowest BCUT2D eigenvalue weighted by Gasteiger charge is -2.37. The number of ether oxygens (including phenoxy) is 1. The first-order chi connectivity index (χ1) is 13.2. The number of hydrogen-bond donors (Lipinski definition) is 0. The quantitative estimate of drug-likeness (QED) is 0.474. The van der Waals surface area contributed by atoms with Gasteiger partial charge >= 0.3 is 12.0 Å². The summed E-state index contributed by atoms with van der Waals surface area (Å²) < 4.78 is 6.00. The Morgan fingerprint density at radius 3 is 2.63 bits per heavy atom. The van der Waals surface area contributed by atoms with Crippen LogP contribution in [0.5, 0.6) is 0 Å². The van der Waals surface area contributed by atoms with Crippen LogP contribution >= 0.6 is 0 Å². The van der Waals surface area contributed by atoms with Crippen molar-refractivity contribution in [2.24, 2.45) is 5.92 Å². The van der Waals surface area contributed by atoms with Crippen LogP contribution in [0, 0.1) is 5.92 Å². The van der Waals surface area contributed by atoms with Gasteiger partial charge in [-0.05, 0) is 43.7 Å². The molecule has 2 aliphatic heterocycles. The van der Waals surface area contributed by atoms with E-state index in [9.17, 15) is 9.59 Å². The number of aromatic nitrogens is 3. The molecule has 2 bridgehead atoms. The molecule has 2 fully saturated rings. The van der Waals surface area contributed by atoms with Crippen LogP contribution in [0.2, 0.25) is 0 Å². The fraction of sp³-hybridized carbons (Fsp3) is 0.400. The third-order valence-electron chi connectivity index (χ3n) is 5.45. The summed E-state index contributed by atoms with van der Waals surface area (Å²) in [6.07, 6.45) is 11.0. The van der Waals surface area contributed by atoms with Crippen LogP contribution in [-0.2, 0) is 9.53 Å². The molecule has 0 radical (unpaired) electrons. The van der Waals surface area contributed by atoms with E-state index in [-0.39, 0.29) is 24.1 Å². The fourth-order valence-electron chi connectivity index (χ4n) is 4.23. The first kappa shape index (κ1) is 17.5. The van der Waals surface area contributed by atoms with Crippen LogP contribution < -0.4 is 0 Å². The van der Waals surface area contributed by atoms with Gasteiger partial charge in [0.25, 0.3) is 0 Å². The van der Waals surface area contributed by atoms with Gasteiger partial charge in [-0.2, -0.15) is 4.68 Å². The second kappa shape index (κ2) is 7.34. The van der Waals surface area contributed by atoms with Crippen molar-refractivity contribution < 1.29 is 14.3 Å². The molecular weight excluding hydrogens is 344 g/mol. The molecule has 27 heavy (non-hydrogen) atoms. The maximum Gasteiger partial charge on any atom is 0.347 e. The van der Waals surface area contributed by atoms with E-state index in [4.69, 9.17) is 0 Å². The molecule has 2 unspecified atom stereocenters. The van der Waals surface area contributed by atoms with Gasteiger partial charge in [-0.25, -0.2) is 9.59 Å². The van der Waals surface area contributed by atoms with E-state index in [0.29, 0.717) is 5.92 Å². The van der Waals surface area contributed by atoms with Gasteiger partial charge in [-0.15, -0.1) is 5.10 Å². The van der Waals surface area contributed by atoms with Crippen molar-refractivity contribution >= 4 is 23.0 Å². The number of para-hydroxylation sites is 1. The van der Waals surface area contributed by atoms with E-state index in [1.54, 1.807) is 6.08 Å². The molecule has 2 aromatic rings. The number of allylic oxidation sites excluding steroid dienone is 3. The van der Waals surface area contributed by atoms with E-state index < -0.39 is 0 Å². The molecule has 140 valence electrons. The zero-order valence-electron chi connectivity index (χ0n) is 15.2.